The molecule has 1 amide bonds. The second kappa shape index (κ2) is 7.03. The van der Waals surface area contributed by atoms with Gasteiger partial charge in [-0.2, -0.15) is 0 Å². The number of amides is 1. The number of hydrogen-bond acceptors (Lipinski definition) is 2. The third kappa shape index (κ3) is 5.57. The lowest BCUT2D eigenvalue weighted by Gasteiger charge is -2.08. The van der Waals surface area contributed by atoms with Gasteiger partial charge in [0, 0.05) is 16.0 Å². The van der Waals surface area contributed by atoms with Crippen molar-refractivity contribution in [1.82, 2.24) is 5.32 Å². The monoisotopic (exact) mass is 381 g/mol. The standard InChI is InChI=1S/C11H10Br2ClNO2/c1-7(12)5-15-11(16)6-17-10-3-2-8(14)4-9(10)13/h2-4H,1,5-6H2,(H,15,16). The predicted octanol–water partition coefficient (Wildman–Crippen LogP) is 3.51. The van der Waals surface area contributed by atoms with Gasteiger partial charge in [0.15, 0.2) is 6.61 Å². The van der Waals surface area contributed by atoms with Crippen LogP contribution >= 0.6 is 43.5 Å². The van der Waals surface area contributed by atoms with Crippen LogP contribution in [0.15, 0.2) is 33.7 Å². The van der Waals surface area contributed by atoms with Crippen LogP contribution in [0.3, 0.4) is 0 Å². The average molecular weight is 383 g/mol. The van der Waals surface area contributed by atoms with Crippen molar-refractivity contribution >= 4 is 49.4 Å². The van der Waals surface area contributed by atoms with E-state index in [1.54, 1.807) is 18.2 Å². The molecule has 0 radical (unpaired) electrons. The highest BCUT2D eigenvalue weighted by molar-refractivity contribution is 9.11. The maximum Gasteiger partial charge on any atom is 0.258 e. The molecule has 0 spiro atoms. The summed E-state index contributed by atoms with van der Waals surface area (Å²) in [5, 5.41) is 3.23. The number of ether oxygens (including phenoxy) is 1. The Bertz CT molecular complexity index is 437. The third-order valence-electron chi connectivity index (χ3n) is 1.73. The third-order valence-corrected chi connectivity index (χ3v) is 2.87. The summed E-state index contributed by atoms with van der Waals surface area (Å²) in [6, 6.07) is 5.10. The number of nitrogens with one attached hydrogen (secondary N) is 1. The van der Waals surface area contributed by atoms with E-state index in [9.17, 15) is 4.79 Å². The van der Waals surface area contributed by atoms with Crippen LogP contribution in [-0.4, -0.2) is 19.1 Å². The highest BCUT2D eigenvalue weighted by Gasteiger charge is 2.05. The summed E-state index contributed by atoms with van der Waals surface area (Å²) in [5.41, 5.74) is 0. The van der Waals surface area contributed by atoms with Crippen LogP contribution in [-0.2, 0) is 4.79 Å². The Labute approximate surface area is 121 Å². The van der Waals surface area contributed by atoms with Crippen LogP contribution in [0.4, 0.5) is 0 Å². The highest BCUT2D eigenvalue weighted by atomic mass is 79.9. The number of carbonyl (C=O) groups is 1. The molecule has 0 heterocycles. The summed E-state index contributed by atoms with van der Waals surface area (Å²) in [5.74, 6) is 0.356. The van der Waals surface area contributed by atoms with E-state index in [0.29, 0.717) is 26.3 Å². The highest BCUT2D eigenvalue weighted by Crippen LogP contribution is 2.27. The zero-order chi connectivity index (χ0) is 12.8. The molecule has 0 aliphatic carbocycles. The first kappa shape index (κ1) is 14.5. The summed E-state index contributed by atoms with van der Waals surface area (Å²) in [7, 11) is 0. The molecule has 92 valence electrons. The van der Waals surface area contributed by atoms with Crippen LogP contribution in [0.2, 0.25) is 5.02 Å². The summed E-state index contributed by atoms with van der Waals surface area (Å²) < 4.78 is 6.74. The summed E-state index contributed by atoms with van der Waals surface area (Å²) in [4.78, 5) is 11.4. The molecule has 0 unspecified atom stereocenters. The zero-order valence-corrected chi connectivity index (χ0v) is 12.7. The normalized spacial score (nSPS) is 9.82. The minimum atomic E-state index is -0.215. The van der Waals surface area contributed by atoms with Gasteiger partial charge in [-0.1, -0.05) is 34.1 Å². The molecular weight excluding hydrogens is 373 g/mol. The molecule has 17 heavy (non-hydrogen) atoms. The lowest BCUT2D eigenvalue weighted by atomic mass is 10.3. The molecule has 0 bridgehead atoms. The summed E-state index contributed by atoms with van der Waals surface area (Å²) in [6.45, 7) is 3.93. The Morgan fingerprint density at radius 3 is 2.82 bits per heavy atom. The minimum absolute atomic E-state index is 0.0550. The van der Waals surface area contributed by atoms with Crippen molar-refractivity contribution in [2.45, 2.75) is 0 Å². The van der Waals surface area contributed by atoms with Crippen molar-refractivity contribution in [3.8, 4) is 5.75 Å². The van der Waals surface area contributed by atoms with Crippen molar-refractivity contribution in [2.75, 3.05) is 13.2 Å². The van der Waals surface area contributed by atoms with E-state index in [1.165, 1.54) is 0 Å². The van der Waals surface area contributed by atoms with Gasteiger partial charge in [-0.3, -0.25) is 4.79 Å². The molecule has 1 N–H and O–H groups in total. The number of benzene rings is 1. The van der Waals surface area contributed by atoms with Crippen LogP contribution < -0.4 is 10.1 Å². The Morgan fingerprint density at radius 2 is 2.24 bits per heavy atom. The molecule has 0 aliphatic heterocycles. The second-order valence-electron chi connectivity index (χ2n) is 3.16. The number of hydrogen-bond donors (Lipinski definition) is 1. The van der Waals surface area contributed by atoms with Crippen LogP contribution in [0.1, 0.15) is 0 Å². The molecule has 0 saturated heterocycles. The molecule has 0 atom stereocenters. The first-order valence-electron chi connectivity index (χ1n) is 4.67. The van der Waals surface area contributed by atoms with Gasteiger partial charge in [-0.25, -0.2) is 0 Å². The molecule has 6 heteroatoms. The Balaban J connectivity index is 2.44. The Morgan fingerprint density at radius 1 is 1.53 bits per heavy atom. The number of rotatable bonds is 5. The SMILES string of the molecule is C=C(Br)CNC(=O)COc1ccc(Cl)cc1Br. The van der Waals surface area contributed by atoms with Gasteiger partial charge in [-0.15, -0.1) is 0 Å². The van der Waals surface area contributed by atoms with E-state index < -0.39 is 0 Å². The van der Waals surface area contributed by atoms with Crippen molar-refractivity contribution < 1.29 is 9.53 Å². The molecule has 0 fully saturated rings. The van der Waals surface area contributed by atoms with E-state index >= 15 is 0 Å². The van der Waals surface area contributed by atoms with Crippen molar-refractivity contribution in [1.29, 1.82) is 0 Å². The molecule has 1 rings (SSSR count). The summed E-state index contributed by atoms with van der Waals surface area (Å²) >= 11 is 12.2. The second-order valence-corrected chi connectivity index (χ2v) is 5.57. The molecule has 3 nitrogen and oxygen atoms in total. The largest absolute Gasteiger partial charge is 0.483 e. The van der Waals surface area contributed by atoms with Gasteiger partial charge in [0.25, 0.3) is 5.91 Å². The molecule has 0 aromatic heterocycles. The van der Waals surface area contributed by atoms with Crippen LogP contribution in [0.5, 0.6) is 5.75 Å². The summed E-state index contributed by atoms with van der Waals surface area (Å²) in [6.07, 6.45) is 0. The van der Waals surface area contributed by atoms with Crippen molar-refractivity contribution in [2.24, 2.45) is 0 Å². The topological polar surface area (TPSA) is 38.3 Å². The lowest BCUT2D eigenvalue weighted by Crippen LogP contribution is -2.29. The van der Waals surface area contributed by atoms with E-state index in [2.05, 4.69) is 43.8 Å². The first-order valence-corrected chi connectivity index (χ1v) is 6.63. The Kier molecular flexibility index (Phi) is 6.02. The fourth-order valence-corrected chi connectivity index (χ4v) is 1.92. The van der Waals surface area contributed by atoms with E-state index in [0.717, 1.165) is 0 Å². The van der Waals surface area contributed by atoms with Crippen LogP contribution in [0.25, 0.3) is 0 Å². The zero-order valence-electron chi connectivity index (χ0n) is 8.80. The smallest absolute Gasteiger partial charge is 0.258 e. The minimum Gasteiger partial charge on any atom is -0.483 e. The maximum absolute atomic E-state index is 11.4. The fourth-order valence-electron chi connectivity index (χ4n) is 0.981. The van der Waals surface area contributed by atoms with Gasteiger partial charge >= 0.3 is 0 Å². The van der Waals surface area contributed by atoms with Crippen molar-refractivity contribution in [3.63, 3.8) is 0 Å². The van der Waals surface area contributed by atoms with E-state index in [4.69, 9.17) is 16.3 Å². The van der Waals surface area contributed by atoms with Gasteiger partial charge in [-0.05, 0) is 34.1 Å². The first-order chi connectivity index (χ1) is 7.99. The fraction of sp³-hybridized carbons (Fsp3) is 0.182. The van der Waals surface area contributed by atoms with Crippen LogP contribution in [0, 0.1) is 0 Å². The molecular formula is C11H10Br2ClNO2. The number of halogens is 3. The molecule has 0 saturated carbocycles. The Hall–Kier alpha value is -0.520. The van der Waals surface area contributed by atoms with Crippen molar-refractivity contribution in [3.05, 3.63) is 38.8 Å². The maximum atomic E-state index is 11.4. The predicted molar refractivity (Wildman–Crippen MR) is 75.7 cm³/mol. The van der Waals surface area contributed by atoms with Gasteiger partial charge in [0.05, 0.1) is 4.47 Å². The molecule has 1 aromatic rings. The lowest BCUT2D eigenvalue weighted by molar-refractivity contribution is -0.122. The number of carbonyl (C=O) groups excluding carboxylic acids is 1. The average Bonchev–Trinajstić information content (AvgIpc) is 2.25. The molecule has 0 aliphatic rings. The van der Waals surface area contributed by atoms with E-state index in [-0.39, 0.29) is 12.5 Å². The van der Waals surface area contributed by atoms with Gasteiger partial charge in [0.1, 0.15) is 5.75 Å². The van der Waals surface area contributed by atoms with E-state index in [1.807, 2.05) is 0 Å². The quantitative estimate of drug-likeness (QED) is 0.845. The molecule has 1 aromatic carbocycles. The van der Waals surface area contributed by atoms with Gasteiger partial charge < -0.3 is 10.1 Å². The van der Waals surface area contributed by atoms with Gasteiger partial charge in [0.2, 0.25) is 0 Å².